The van der Waals surface area contributed by atoms with Crippen LogP contribution in [-0.2, 0) is 11.2 Å². The molecule has 2 aromatic rings. The van der Waals surface area contributed by atoms with Gasteiger partial charge in [-0.15, -0.1) is 0 Å². The van der Waals surface area contributed by atoms with Gasteiger partial charge in [-0.25, -0.2) is 9.97 Å². The molecule has 0 saturated carbocycles. The van der Waals surface area contributed by atoms with E-state index in [2.05, 4.69) is 20.6 Å². The smallest absolute Gasteiger partial charge is 0.270 e. The number of hydrogen-bond acceptors (Lipinski definition) is 5. The summed E-state index contributed by atoms with van der Waals surface area (Å²) in [7, 11) is 1.62. The van der Waals surface area contributed by atoms with Gasteiger partial charge < -0.3 is 15.4 Å². The van der Waals surface area contributed by atoms with Crippen LogP contribution in [0.3, 0.4) is 0 Å². The number of amides is 1. The summed E-state index contributed by atoms with van der Waals surface area (Å²) in [5.74, 6) is 0.175. The number of halogens is 1. The van der Waals surface area contributed by atoms with Crippen LogP contribution in [0.1, 0.15) is 16.1 Å². The first-order chi connectivity index (χ1) is 11.2. The number of methoxy groups -OCH3 is 1. The number of anilines is 1. The van der Waals surface area contributed by atoms with Gasteiger partial charge in [0.05, 0.1) is 6.61 Å². The average molecular weight is 335 g/mol. The van der Waals surface area contributed by atoms with Crippen molar-refractivity contribution in [1.29, 1.82) is 0 Å². The highest BCUT2D eigenvalue weighted by molar-refractivity contribution is 6.30. The molecule has 0 aliphatic carbocycles. The van der Waals surface area contributed by atoms with E-state index in [0.29, 0.717) is 42.8 Å². The fraction of sp³-hybridized carbons (Fsp3) is 0.312. The zero-order valence-electron chi connectivity index (χ0n) is 12.9. The second kappa shape index (κ2) is 9.07. The fourth-order valence-corrected chi connectivity index (χ4v) is 2.15. The molecular formula is C16H19ClN4O2. The summed E-state index contributed by atoms with van der Waals surface area (Å²) in [6.45, 7) is 1.63. The van der Waals surface area contributed by atoms with Gasteiger partial charge in [0.1, 0.15) is 5.69 Å². The molecule has 2 rings (SSSR count). The van der Waals surface area contributed by atoms with Gasteiger partial charge in [-0.2, -0.15) is 0 Å². The molecule has 1 heterocycles. The van der Waals surface area contributed by atoms with Crippen LogP contribution < -0.4 is 10.6 Å². The molecule has 0 atom stereocenters. The minimum atomic E-state index is -0.232. The highest BCUT2D eigenvalue weighted by Gasteiger charge is 2.08. The first-order valence-corrected chi connectivity index (χ1v) is 7.65. The number of carbonyl (C=O) groups is 1. The van der Waals surface area contributed by atoms with E-state index in [-0.39, 0.29) is 5.91 Å². The van der Waals surface area contributed by atoms with Crippen molar-refractivity contribution in [2.24, 2.45) is 0 Å². The van der Waals surface area contributed by atoms with Crippen LogP contribution in [0.15, 0.2) is 36.5 Å². The molecular weight excluding hydrogens is 316 g/mol. The van der Waals surface area contributed by atoms with E-state index in [1.54, 1.807) is 19.4 Å². The van der Waals surface area contributed by atoms with E-state index in [0.717, 1.165) is 5.56 Å². The topological polar surface area (TPSA) is 76.1 Å². The van der Waals surface area contributed by atoms with Crippen LogP contribution in [0.5, 0.6) is 0 Å². The molecule has 0 fully saturated rings. The molecule has 1 aromatic carbocycles. The molecule has 7 heteroatoms. The van der Waals surface area contributed by atoms with E-state index in [1.807, 2.05) is 24.3 Å². The molecule has 6 nitrogen and oxygen atoms in total. The molecule has 0 saturated heterocycles. The summed E-state index contributed by atoms with van der Waals surface area (Å²) in [5.41, 5.74) is 1.40. The van der Waals surface area contributed by atoms with E-state index in [9.17, 15) is 4.79 Å². The summed E-state index contributed by atoms with van der Waals surface area (Å²) in [4.78, 5) is 20.3. The zero-order valence-corrected chi connectivity index (χ0v) is 13.6. The SMILES string of the molecule is COCCNc1nccc(C(=O)NCCc2cccc(Cl)c2)n1. The summed E-state index contributed by atoms with van der Waals surface area (Å²) >= 11 is 5.93. The molecule has 0 bridgehead atoms. The van der Waals surface area contributed by atoms with E-state index >= 15 is 0 Å². The van der Waals surface area contributed by atoms with E-state index in [4.69, 9.17) is 16.3 Å². The van der Waals surface area contributed by atoms with Crippen molar-refractivity contribution in [1.82, 2.24) is 15.3 Å². The summed E-state index contributed by atoms with van der Waals surface area (Å²) in [5, 5.41) is 6.51. The molecule has 1 aromatic heterocycles. The number of aromatic nitrogens is 2. The molecule has 2 N–H and O–H groups in total. The average Bonchev–Trinajstić information content (AvgIpc) is 2.55. The minimum Gasteiger partial charge on any atom is -0.383 e. The van der Waals surface area contributed by atoms with Gasteiger partial charge in [-0.05, 0) is 30.2 Å². The largest absolute Gasteiger partial charge is 0.383 e. The summed E-state index contributed by atoms with van der Waals surface area (Å²) < 4.78 is 4.94. The van der Waals surface area contributed by atoms with Gasteiger partial charge in [0, 0.05) is 31.4 Å². The van der Waals surface area contributed by atoms with Gasteiger partial charge in [-0.3, -0.25) is 4.79 Å². The Hall–Kier alpha value is -2.18. The number of benzene rings is 1. The molecule has 0 aliphatic rings. The van der Waals surface area contributed by atoms with Crippen molar-refractivity contribution in [3.63, 3.8) is 0 Å². The first-order valence-electron chi connectivity index (χ1n) is 7.27. The third kappa shape index (κ3) is 5.84. The van der Waals surface area contributed by atoms with Crippen molar-refractivity contribution < 1.29 is 9.53 Å². The van der Waals surface area contributed by atoms with Crippen LogP contribution in [-0.4, -0.2) is 42.7 Å². The lowest BCUT2D eigenvalue weighted by Gasteiger charge is -2.07. The van der Waals surface area contributed by atoms with Gasteiger partial charge in [0.25, 0.3) is 5.91 Å². The van der Waals surface area contributed by atoms with Crippen molar-refractivity contribution >= 4 is 23.5 Å². The van der Waals surface area contributed by atoms with E-state index in [1.165, 1.54) is 0 Å². The Bertz CT molecular complexity index is 651. The Balaban J connectivity index is 1.84. The number of ether oxygens (including phenoxy) is 1. The first kappa shape index (κ1) is 17.2. The maximum absolute atomic E-state index is 12.1. The predicted molar refractivity (Wildman–Crippen MR) is 89.9 cm³/mol. The van der Waals surface area contributed by atoms with Crippen molar-refractivity contribution in [3.8, 4) is 0 Å². The quantitative estimate of drug-likeness (QED) is 0.723. The van der Waals surface area contributed by atoms with Crippen LogP contribution in [0.2, 0.25) is 5.02 Å². The number of hydrogen-bond donors (Lipinski definition) is 2. The Morgan fingerprint density at radius 3 is 2.96 bits per heavy atom. The monoisotopic (exact) mass is 334 g/mol. The zero-order chi connectivity index (χ0) is 16.5. The third-order valence-electron chi connectivity index (χ3n) is 3.07. The Kier molecular flexibility index (Phi) is 6.77. The number of nitrogens with one attached hydrogen (secondary N) is 2. The maximum atomic E-state index is 12.1. The lowest BCUT2D eigenvalue weighted by Crippen LogP contribution is -2.27. The lowest BCUT2D eigenvalue weighted by molar-refractivity contribution is 0.0949. The van der Waals surface area contributed by atoms with Gasteiger partial charge in [0.2, 0.25) is 5.95 Å². The Morgan fingerprint density at radius 1 is 1.30 bits per heavy atom. The summed E-state index contributed by atoms with van der Waals surface area (Å²) in [6, 6.07) is 9.15. The third-order valence-corrected chi connectivity index (χ3v) is 3.30. The van der Waals surface area contributed by atoms with Crippen molar-refractivity contribution in [2.45, 2.75) is 6.42 Å². The Morgan fingerprint density at radius 2 is 2.17 bits per heavy atom. The molecule has 0 spiro atoms. The number of carbonyl (C=O) groups excluding carboxylic acids is 1. The minimum absolute atomic E-state index is 0.232. The van der Waals surface area contributed by atoms with Crippen LogP contribution >= 0.6 is 11.6 Å². The summed E-state index contributed by atoms with van der Waals surface area (Å²) in [6.07, 6.45) is 2.25. The van der Waals surface area contributed by atoms with Gasteiger partial charge in [0.15, 0.2) is 0 Å². The number of rotatable bonds is 8. The Labute approximate surface area is 140 Å². The number of nitrogens with zero attached hydrogens (tertiary/aromatic N) is 2. The van der Waals surface area contributed by atoms with Gasteiger partial charge in [-0.1, -0.05) is 23.7 Å². The van der Waals surface area contributed by atoms with Crippen molar-refractivity contribution in [2.75, 3.05) is 32.1 Å². The van der Waals surface area contributed by atoms with Gasteiger partial charge >= 0.3 is 0 Å². The molecule has 23 heavy (non-hydrogen) atoms. The van der Waals surface area contributed by atoms with Crippen LogP contribution in [0, 0.1) is 0 Å². The predicted octanol–water partition coefficient (Wildman–Crippen LogP) is 2.16. The molecule has 0 radical (unpaired) electrons. The maximum Gasteiger partial charge on any atom is 0.270 e. The standard InChI is InChI=1S/C16H19ClN4O2/c1-23-10-9-20-16-19-8-6-14(21-16)15(22)18-7-5-12-3-2-4-13(17)11-12/h2-4,6,8,11H,5,7,9-10H2,1H3,(H,18,22)(H,19,20,21). The van der Waals surface area contributed by atoms with E-state index < -0.39 is 0 Å². The van der Waals surface area contributed by atoms with Crippen LogP contribution in [0.4, 0.5) is 5.95 Å². The molecule has 0 aliphatic heterocycles. The molecule has 1 amide bonds. The normalized spacial score (nSPS) is 10.3. The van der Waals surface area contributed by atoms with Crippen LogP contribution in [0.25, 0.3) is 0 Å². The lowest BCUT2D eigenvalue weighted by atomic mass is 10.1. The fourth-order valence-electron chi connectivity index (χ4n) is 1.94. The highest BCUT2D eigenvalue weighted by Crippen LogP contribution is 2.10. The van der Waals surface area contributed by atoms with Crippen molar-refractivity contribution in [3.05, 3.63) is 52.8 Å². The second-order valence-corrected chi connectivity index (χ2v) is 5.26. The molecule has 122 valence electrons. The second-order valence-electron chi connectivity index (χ2n) is 4.82. The molecule has 0 unspecified atom stereocenters. The highest BCUT2D eigenvalue weighted by atomic mass is 35.5.